The van der Waals surface area contributed by atoms with E-state index in [2.05, 4.69) is 20.3 Å². The molecule has 0 saturated heterocycles. The van der Waals surface area contributed by atoms with Crippen LogP contribution in [-0.4, -0.2) is 19.5 Å². The molecule has 0 saturated carbocycles. The van der Waals surface area contributed by atoms with Crippen LogP contribution in [0.1, 0.15) is 5.56 Å². The van der Waals surface area contributed by atoms with Crippen LogP contribution in [0.4, 0.5) is 11.5 Å². The van der Waals surface area contributed by atoms with Gasteiger partial charge in [-0.25, -0.2) is 15.0 Å². The van der Waals surface area contributed by atoms with Crippen LogP contribution in [0.2, 0.25) is 5.02 Å². The number of nitrogens with one attached hydrogen (secondary N) is 1. The second-order valence-electron chi connectivity index (χ2n) is 7.10. The highest BCUT2D eigenvalue weighted by Gasteiger charge is 2.09. The minimum absolute atomic E-state index is 0.644. The third-order valence-corrected chi connectivity index (χ3v) is 5.19. The molecule has 6 nitrogen and oxygen atoms in total. The molecule has 7 heteroatoms. The summed E-state index contributed by atoms with van der Waals surface area (Å²) < 4.78 is 8.08. The molecular weight excluding hydrogens is 398 g/mol. The van der Waals surface area contributed by atoms with Crippen LogP contribution in [0.15, 0.2) is 67.3 Å². The van der Waals surface area contributed by atoms with Crippen molar-refractivity contribution in [3.05, 3.63) is 77.8 Å². The van der Waals surface area contributed by atoms with E-state index in [0.29, 0.717) is 10.8 Å². The summed E-state index contributed by atoms with van der Waals surface area (Å²) in [7, 11) is 1.97. The molecule has 5 rings (SSSR count). The fourth-order valence-electron chi connectivity index (χ4n) is 3.41. The van der Waals surface area contributed by atoms with E-state index >= 15 is 0 Å². The second-order valence-corrected chi connectivity index (χ2v) is 7.53. The minimum Gasteiger partial charge on any atom is -0.457 e. The summed E-state index contributed by atoms with van der Waals surface area (Å²) in [6, 6.07) is 17.4. The fourth-order valence-corrected chi connectivity index (χ4v) is 3.59. The lowest BCUT2D eigenvalue weighted by molar-refractivity contribution is 0.479. The lowest BCUT2D eigenvalue weighted by atomic mass is 10.2. The maximum absolute atomic E-state index is 6.15. The first-order chi connectivity index (χ1) is 14.6. The lowest BCUT2D eigenvalue weighted by Gasteiger charge is -2.12. The maximum Gasteiger partial charge on any atom is 0.141 e. The lowest BCUT2D eigenvalue weighted by Crippen LogP contribution is -1.97. The highest BCUT2D eigenvalue weighted by atomic mass is 35.5. The SMILES string of the molecule is Cc1cc(Nc2ncnc3ccc(Cl)cc23)ccc1Oc1ccc2c(c1)ncn2C. The van der Waals surface area contributed by atoms with Crippen LogP contribution in [-0.2, 0) is 7.05 Å². The van der Waals surface area contributed by atoms with Gasteiger partial charge in [-0.1, -0.05) is 11.6 Å². The van der Waals surface area contributed by atoms with Crippen LogP contribution in [0, 0.1) is 6.92 Å². The summed E-state index contributed by atoms with van der Waals surface area (Å²) in [5, 5.41) is 4.87. The number of ether oxygens (including phenoxy) is 1. The van der Waals surface area contributed by atoms with Crippen molar-refractivity contribution < 1.29 is 4.74 Å². The highest BCUT2D eigenvalue weighted by Crippen LogP contribution is 2.31. The van der Waals surface area contributed by atoms with E-state index in [-0.39, 0.29) is 0 Å². The average Bonchev–Trinajstić information content (AvgIpc) is 3.11. The Hall–Kier alpha value is -3.64. The number of rotatable bonds is 4. The molecule has 2 aromatic heterocycles. The van der Waals surface area contributed by atoms with Gasteiger partial charge in [0.2, 0.25) is 0 Å². The first kappa shape index (κ1) is 18.4. The van der Waals surface area contributed by atoms with E-state index in [0.717, 1.165) is 44.7 Å². The number of aromatic nitrogens is 4. The smallest absolute Gasteiger partial charge is 0.141 e. The minimum atomic E-state index is 0.644. The summed E-state index contributed by atoms with van der Waals surface area (Å²) in [5.41, 5.74) is 4.70. The summed E-state index contributed by atoms with van der Waals surface area (Å²) in [4.78, 5) is 13.0. The van der Waals surface area contributed by atoms with Crippen LogP contribution < -0.4 is 10.1 Å². The number of benzene rings is 3. The molecule has 2 heterocycles. The molecule has 148 valence electrons. The molecule has 5 aromatic rings. The fraction of sp³-hybridized carbons (Fsp3) is 0.0870. The largest absolute Gasteiger partial charge is 0.457 e. The number of hydrogen-bond donors (Lipinski definition) is 1. The molecule has 0 aliphatic carbocycles. The predicted octanol–water partition coefficient (Wildman–Crippen LogP) is 6.01. The monoisotopic (exact) mass is 415 g/mol. The summed E-state index contributed by atoms with van der Waals surface area (Å²) in [6.07, 6.45) is 3.33. The van der Waals surface area contributed by atoms with Crippen molar-refractivity contribution in [1.29, 1.82) is 0 Å². The van der Waals surface area contributed by atoms with Gasteiger partial charge in [0.15, 0.2) is 0 Å². The average molecular weight is 416 g/mol. The number of aryl methyl sites for hydroxylation is 2. The highest BCUT2D eigenvalue weighted by molar-refractivity contribution is 6.31. The van der Waals surface area contributed by atoms with Gasteiger partial charge < -0.3 is 14.6 Å². The van der Waals surface area contributed by atoms with Gasteiger partial charge in [-0.3, -0.25) is 0 Å². The molecule has 0 amide bonds. The van der Waals surface area contributed by atoms with Gasteiger partial charge in [-0.2, -0.15) is 0 Å². The third kappa shape index (κ3) is 3.42. The molecule has 0 atom stereocenters. The zero-order valence-corrected chi connectivity index (χ0v) is 17.2. The van der Waals surface area contributed by atoms with Crippen molar-refractivity contribution in [3.8, 4) is 11.5 Å². The van der Waals surface area contributed by atoms with Crippen LogP contribution in [0.3, 0.4) is 0 Å². The topological polar surface area (TPSA) is 64.9 Å². The van der Waals surface area contributed by atoms with Crippen molar-refractivity contribution >= 4 is 45.0 Å². The van der Waals surface area contributed by atoms with E-state index < -0.39 is 0 Å². The van der Waals surface area contributed by atoms with Gasteiger partial charge in [0.1, 0.15) is 23.6 Å². The Morgan fingerprint density at radius 1 is 0.933 bits per heavy atom. The Kier molecular flexibility index (Phi) is 4.48. The van der Waals surface area contributed by atoms with Crippen molar-refractivity contribution in [2.45, 2.75) is 6.92 Å². The Morgan fingerprint density at radius 3 is 2.70 bits per heavy atom. The third-order valence-electron chi connectivity index (χ3n) is 4.96. The van der Waals surface area contributed by atoms with E-state index in [4.69, 9.17) is 16.3 Å². The Bertz CT molecular complexity index is 1400. The molecular formula is C23H18ClN5O. The number of halogens is 1. The quantitative estimate of drug-likeness (QED) is 0.389. The van der Waals surface area contributed by atoms with Crippen molar-refractivity contribution in [2.24, 2.45) is 7.05 Å². The van der Waals surface area contributed by atoms with E-state index in [1.54, 1.807) is 6.33 Å². The Labute approximate surface area is 178 Å². The zero-order valence-electron chi connectivity index (χ0n) is 16.4. The number of imidazole rings is 1. The van der Waals surface area contributed by atoms with E-state index in [1.165, 1.54) is 6.33 Å². The first-order valence-electron chi connectivity index (χ1n) is 9.44. The standard InChI is InChI=1S/C23H18ClN5O/c1-14-9-16(28-23-18-10-15(24)3-6-19(18)25-12-26-23)4-8-22(14)30-17-5-7-21-20(11-17)27-13-29(21)2/h3-13H,1-2H3,(H,25,26,28). The molecule has 3 aromatic carbocycles. The van der Waals surface area contributed by atoms with E-state index in [1.807, 2.05) is 73.1 Å². The van der Waals surface area contributed by atoms with Gasteiger partial charge in [0.05, 0.1) is 22.9 Å². The first-order valence-corrected chi connectivity index (χ1v) is 9.81. The van der Waals surface area contributed by atoms with Gasteiger partial charge in [0, 0.05) is 29.2 Å². The Balaban J connectivity index is 1.41. The molecule has 0 radical (unpaired) electrons. The van der Waals surface area contributed by atoms with E-state index in [9.17, 15) is 0 Å². The second kappa shape index (κ2) is 7.31. The summed E-state index contributed by atoms with van der Waals surface area (Å²) in [6.45, 7) is 2.01. The van der Waals surface area contributed by atoms with Gasteiger partial charge >= 0.3 is 0 Å². The summed E-state index contributed by atoms with van der Waals surface area (Å²) >= 11 is 6.15. The maximum atomic E-state index is 6.15. The normalized spacial score (nSPS) is 11.2. The molecule has 1 N–H and O–H groups in total. The molecule has 0 aliphatic rings. The number of nitrogens with zero attached hydrogens (tertiary/aromatic N) is 4. The van der Waals surface area contributed by atoms with Crippen LogP contribution in [0.5, 0.6) is 11.5 Å². The van der Waals surface area contributed by atoms with Crippen LogP contribution in [0.25, 0.3) is 21.9 Å². The molecule has 30 heavy (non-hydrogen) atoms. The molecule has 0 aliphatic heterocycles. The zero-order chi connectivity index (χ0) is 20.7. The van der Waals surface area contributed by atoms with Gasteiger partial charge in [-0.15, -0.1) is 0 Å². The van der Waals surface area contributed by atoms with Crippen molar-refractivity contribution in [3.63, 3.8) is 0 Å². The number of fused-ring (bicyclic) bond motifs is 2. The molecule has 0 spiro atoms. The number of hydrogen-bond acceptors (Lipinski definition) is 5. The van der Waals surface area contributed by atoms with Crippen LogP contribution >= 0.6 is 11.6 Å². The van der Waals surface area contributed by atoms with Crippen molar-refractivity contribution in [1.82, 2.24) is 19.5 Å². The predicted molar refractivity (Wildman–Crippen MR) is 120 cm³/mol. The molecule has 0 unspecified atom stereocenters. The molecule has 0 fully saturated rings. The molecule has 0 bridgehead atoms. The summed E-state index contributed by atoms with van der Waals surface area (Å²) in [5.74, 6) is 2.24. The van der Waals surface area contributed by atoms with Crippen molar-refractivity contribution in [2.75, 3.05) is 5.32 Å². The van der Waals surface area contributed by atoms with Gasteiger partial charge in [0.25, 0.3) is 0 Å². The number of anilines is 2. The van der Waals surface area contributed by atoms with Gasteiger partial charge in [-0.05, 0) is 61.0 Å². The Morgan fingerprint density at radius 2 is 1.83 bits per heavy atom.